The van der Waals surface area contributed by atoms with Gasteiger partial charge in [-0.05, 0) is 54.9 Å². The molecule has 0 amide bonds. The third kappa shape index (κ3) is 6.47. The van der Waals surface area contributed by atoms with Crippen LogP contribution in [0.2, 0.25) is 0 Å². The molecule has 0 N–H and O–H groups in total. The molecule has 1 rings (SSSR count). The fraction of sp³-hybridized carbons (Fsp3) is 0.571. The molecule has 0 bridgehead atoms. The minimum Gasteiger partial charge on any atom is -0.133 e. The molecule has 0 saturated heterocycles. The number of unbranched alkanes of at least 4 members (excludes halogenated alkanes) is 1. The normalized spacial score (nSPS) is 15.9. The Morgan fingerprint density at radius 3 is 3.13 bits per heavy atom. The lowest BCUT2D eigenvalue weighted by Crippen LogP contribution is -1.87. The molecular weight excluding hydrogens is 200 g/mol. The van der Waals surface area contributed by atoms with Crippen molar-refractivity contribution < 1.29 is 0 Å². The topological polar surface area (TPSA) is 0 Å². The zero-order valence-corrected chi connectivity index (χ0v) is 10.4. The summed E-state index contributed by atoms with van der Waals surface area (Å²) < 4.78 is 0. The Bertz CT molecular complexity index is 275. The predicted molar refractivity (Wildman–Crippen MR) is 70.8 cm³/mol. The van der Waals surface area contributed by atoms with Gasteiger partial charge in [-0.15, -0.1) is 11.8 Å². The molecule has 0 aliphatic heterocycles. The number of thioether (sulfide) groups is 1. The largest absolute Gasteiger partial charge is 0.133 e. The molecule has 0 radical (unpaired) electrons. The van der Waals surface area contributed by atoms with Gasteiger partial charge in [-0.3, -0.25) is 0 Å². The van der Waals surface area contributed by atoms with Gasteiger partial charge in [0.15, 0.2) is 0 Å². The van der Waals surface area contributed by atoms with Crippen LogP contribution in [-0.2, 0) is 0 Å². The van der Waals surface area contributed by atoms with Gasteiger partial charge in [0.1, 0.15) is 0 Å². The highest BCUT2D eigenvalue weighted by molar-refractivity contribution is 8.02. The molecule has 1 aliphatic carbocycles. The summed E-state index contributed by atoms with van der Waals surface area (Å²) in [6.45, 7) is 2.22. The van der Waals surface area contributed by atoms with E-state index in [4.69, 9.17) is 0 Å². The van der Waals surface area contributed by atoms with Crippen molar-refractivity contribution in [1.82, 2.24) is 0 Å². The summed E-state index contributed by atoms with van der Waals surface area (Å²) in [4.78, 5) is 0. The lowest BCUT2D eigenvalue weighted by molar-refractivity contribution is 0.715. The van der Waals surface area contributed by atoms with E-state index in [1.54, 1.807) is 0 Å². The van der Waals surface area contributed by atoms with Crippen molar-refractivity contribution in [2.75, 3.05) is 5.75 Å². The minimum atomic E-state index is 1.18. The molecule has 1 heteroatoms. The maximum absolute atomic E-state index is 3.22. The molecule has 0 nitrogen and oxygen atoms in total. The van der Waals surface area contributed by atoms with E-state index in [0.717, 1.165) is 0 Å². The van der Waals surface area contributed by atoms with Crippen molar-refractivity contribution >= 4 is 11.8 Å². The molecule has 0 spiro atoms. The lowest BCUT2D eigenvalue weighted by Gasteiger charge is -2.05. The molecule has 0 atom stereocenters. The van der Waals surface area contributed by atoms with Gasteiger partial charge in [0, 0.05) is 0 Å². The fourth-order valence-corrected chi connectivity index (χ4v) is 2.22. The van der Waals surface area contributed by atoms with Gasteiger partial charge in [-0.2, -0.15) is 0 Å². The molecule has 0 aromatic heterocycles. The Hall–Kier alpha value is -0.610. The molecule has 0 aromatic carbocycles. The summed E-state index contributed by atoms with van der Waals surface area (Å²) >= 11 is 1.86. The molecule has 0 unspecified atom stereocenters. The zero-order chi connectivity index (χ0) is 10.8. The highest BCUT2D eigenvalue weighted by Gasteiger charge is 1.98. The summed E-state index contributed by atoms with van der Waals surface area (Å²) in [5.74, 6) is 7.56. The van der Waals surface area contributed by atoms with E-state index < -0.39 is 0 Å². The smallest absolute Gasteiger partial charge is 0.00160 e. The highest BCUT2D eigenvalue weighted by atomic mass is 32.2. The van der Waals surface area contributed by atoms with E-state index in [0.29, 0.717) is 0 Å². The first-order chi connectivity index (χ1) is 7.43. The first kappa shape index (κ1) is 12.5. The second-order valence-electron chi connectivity index (χ2n) is 3.77. The van der Waals surface area contributed by atoms with Crippen molar-refractivity contribution in [1.29, 1.82) is 0 Å². The average Bonchev–Trinajstić information content (AvgIpc) is 2.29. The van der Waals surface area contributed by atoms with Gasteiger partial charge < -0.3 is 0 Å². The molecule has 0 fully saturated rings. The number of hydrogen-bond donors (Lipinski definition) is 0. The van der Waals surface area contributed by atoms with Crippen LogP contribution in [0.15, 0.2) is 23.1 Å². The molecule has 0 aromatic rings. The molecule has 0 heterocycles. The summed E-state index contributed by atoms with van der Waals surface area (Å²) in [6.07, 6.45) is 11.9. The summed E-state index contributed by atoms with van der Waals surface area (Å²) in [6, 6.07) is 0. The van der Waals surface area contributed by atoms with Crippen molar-refractivity contribution in [3.8, 4) is 11.8 Å². The van der Waals surface area contributed by atoms with Crippen LogP contribution < -0.4 is 0 Å². The first-order valence-electron chi connectivity index (χ1n) is 5.90. The van der Waals surface area contributed by atoms with Gasteiger partial charge in [-0.25, -0.2) is 0 Å². The van der Waals surface area contributed by atoms with Crippen LogP contribution in [0.3, 0.4) is 0 Å². The average molecular weight is 220 g/mol. The molecule has 0 saturated carbocycles. The van der Waals surface area contributed by atoms with Crippen molar-refractivity contribution in [2.24, 2.45) is 0 Å². The van der Waals surface area contributed by atoms with Gasteiger partial charge in [-0.1, -0.05) is 31.3 Å². The Morgan fingerprint density at radius 2 is 2.40 bits per heavy atom. The van der Waals surface area contributed by atoms with Crippen LogP contribution in [-0.4, -0.2) is 5.75 Å². The second-order valence-corrected chi connectivity index (χ2v) is 4.79. The van der Waals surface area contributed by atoms with E-state index in [2.05, 4.69) is 30.2 Å². The van der Waals surface area contributed by atoms with E-state index in [1.807, 2.05) is 17.8 Å². The summed E-state index contributed by atoms with van der Waals surface area (Å²) in [5.41, 5.74) is 1.34. The van der Waals surface area contributed by atoms with Crippen molar-refractivity contribution in [3.05, 3.63) is 23.1 Å². The van der Waals surface area contributed by atoms with Crippen LogP contribution in [0.25, 0.3) is 0 Å². The third-order valence-electron chi connectivity index (χ3n) is 2.39. The van der Waals surface area contributed by atoms with Crippen LogP contribution in [0.4, 0.5) is 0 Å². The Balaban J connectivity index is 2.17. The van der Waals surface area contributed by atoms with E-state index >= 15 is 0 Å². The number of rotatable bonds is 4. The zero-order valence-electron chi connectivity index (χ0n) is 9.59. The second kappa shape index (κ2) is 8.68. The molecular formula is C14H20S. The van der Waals surface area contributed by atoms with Gasteiger partial charge in [0.05, 0.1) is 0 Å². The Morgan fingerprint density at radius 1 is 1.47 bits per heavy atom. The molecule has 1 aliphatic rings. The number of allylic oxidation sites excluding steroid dienone is 3. The minimum absolute atomic E-state index is 1.18. The van der Waals surface area contributed by atoms with Crippen LogP contribution >= 0.6 is 11.8 Å². The Labute approximate surface area is 98.2 Å². The van der Waals surface area contributed by atoms with Crippen molar-refractivity contribution in [3.63, 3.8) is 0 Å². The monoisotopic (exact) mass is 220 g/mol. The highest BCUT2D eigenvalue weighted by Crippen LogP contribution is 2.16. The summed E-state index contributed by atoms with van der Waals surface area (Å²) in [7, 11) is 0. The summed E-state index contributed by atoms with van der Waals surface area (Å²) in [5, 5.41) is 2.12. The maximum Gasteiger partial charge on any atom is -0.00160 e. The Kier molecular flexibility index (Phi) is 7.21. The quantitative estimate of drug-likeness (QED) is 0.495. The number of hydrogen-bond acceptors (Lipinski definition) is 1. The lowest BCUT2D eigenvalue weighted by atomic mass is 10.0. The maximum atomic E-state index is 3.22. The molecule has 15 heavy (non-hydrogen) atoms. The predicted octanol–water partition coefficient (Wildman–Crippen LogP) is 4.54. The fourth-order valence-electron chi connectivity index (χ4n) is 1.46. The van der Waals surface area contributed by atoms with Gasteiger partial charge >= 0.3 is 0 Å². The van der Waals surface area contributed by atoms with E-state index in [1.165, 1.54) is 49.9 Å². The molecule has 82 valence electrons. The SMILES string of the molecule is CCCCS/C=C\C#CC1=CCCCC1. The van der Waals surface area contributed by atoms with Gasteiger partial charge in [0.25, 0.3) is 0 Å². The standard InChI is InChI=1S/C14H20S/c1-2-3-12-15-13-8-7-11-14-9-5-4-6-10-14/h8-9,13H,2-6,10,12H2,1H3/b13-8-. The van der Waals surface area contributed by atoms with E-state index in [-0.39, 0.29) is 0 Å². The van der Waals surface area contributed by atoms with Crippen molar-refractivity contribution in [2.45, 2.75) is 45.4 Å². The third-order valence-corrected chi connectivity index (χ3v) is 3.24. The first-order valence-corrected chi connectivity index (χ1v) is 6.95. The van der Waals surface area contributed by atoms with Crippen LogP contribution in [0, 0.1) is 11.8 Å². The van der Waals surface area contributed by atoms with E-state index in [9.17, 15) is 0 Å². The van der Waals surface area contributed by atoms with Gasteiger partial charge in [0.2, 0.25) is 0 Å². The van der Waals surface area contributed by atoms with Crippen LogP contribution in [0.1, 0.15) is 45.4 Å². The van der Waals surface area contributed by atoms with Crippen LogP contribution in [0.5, 0.6) is 0 Å².